The quantitative estimate of drug-likeness (QED) is 0.220. The second-order valence-corrected chi connectivity index (χ2v) is 11.4. The second kappa shape index (κ2) is 11.8. The van der Waals surface area contributed by atoms with Crippen molar-refractivity contribution >= 4 is 42.0 Å². The number of fused-ring (bicyclic) bond motifs is 2. The summed E-state index contributed by atoms with van der Waals surface area (Å²) in [6, 6.07) is 9.06. The molecule has 2 unspecified atom stereocenters. The maximum absolute atomic E-state index is 15.7. The number of aliphatic hydroxyl groups is 1. The van der Waals surface area contributed by atoms with Crippen LogP contribution < -0.4 is 24.6 Å². The number of nitrogen functional groups attached to an aromatic ring is 1. The third-order valence-corrected chi connectivity index (χ3v) is 7.84. The number of anilines is 1. The van der Waals surface area contributed by atoms with Crippen molar-refractivity contribution in [3.05, 3.63) is 42.7 Å². The molecular weight excluding hydrogens is 586 g/mol. The van der Waals surface area contributed by atoms with Crippen molar-refractivity contribution in [2.75, 3.05) is 19.5 Å². The zero-order valence-corrected chi connectivity index (χ0v) is 24.5. The smallest absolute Gasteiger partial charge is 0.395 e. The van der Waals surface area contributed by atoms with E-state index in [2.05, 4.69) is 19.7 Å². The van der Waals surface area contributed by atoms with E-state index in [4.69, 9.17) is 24.5 Å². The molecule has 0 bridgehead atoms. The summed E-state index contributed by atoms with van der Waals surface area (Å²) in [6.45, 7) is 4.17. The first-order chi connectivity index (χ1) is 20.4. The van der Waals surface area contributed by atoms with Gasteiger partial charge >= 0.3 is 14.1 Å². The highest BCUT2D eigenvalue weighted by Gasteiger charge is 2.55. The number of alkyl halides is 1. The first-order valence-corrected chi connectivity index (χ1v) is 14.3. The van der Waals surface area contributed by atoms with Crippen LogP contribution >= 0.6 is 8.17 Å². The molecule has 16 heteroatoms. The minimum absolute atomic E-state index is 0.0347. The molecule has 43 heavy (non-hydrogen) atoms. The summed E-state index contributed by atoms with van der Waals surface area (Å²) < 4.78 is 43.6. The normalized spacial score (nSPS) is 23.2. The number of carbonyl (C=O) groups is 1. The predicted molar refractivity (Wildman–Crippen MR) is 151 cm³/mol. The van der Waals surface area contributed by atoms with Crippen LogP contribution in [0.3, 0.4) is 0 Å². The van der Waals surface area contributed by atoms with Gasteiger partial charge in [-0.2, -0.15) is 9.97 Å². The number of hydrogen-bond donors (Lipinski definition) is 3. The molecule has 0 spiro atoms. The lowest BCUT2D eigenvalue weighted by Crippen LogP contribution is -2.42. The van der Waals surface area contributed by atoms with E-state index >= 15 is 4.39 Å². The maximum atomic E-state index is 15.7. The van der Waals surface area contributed by atoms with Gasteiger partial charge in [-0.15, -0.1) is 0 Å². The number of carboxylic acids is 1. The molecule has 0 radical (unpaired) electrons. The van der Waals surface area contributed by atoms with Gasteiger partial charge in [0.15, 0.2) is 35.4 Å². The zero-order chi connectivity index (χ0) is 31.1. The van der Waals surface area contributed by atoms with E-state index in [0.717, 1.165) is 5.39 Å². The predicted octanol–water partition coefficient (Wildman–Crippen LogP) is 2.98. The third-order valence-electron chi connectivity index (χ3n) is 7.06. The van der Waals surface area contributed by atoms with Gasteiger partial charge < -0.3 is 35.1 Å². The summed E-state index contributed by atoms with van der Waals surface area (Å²) in [5.74, 6) is -1.55. The topological polar surface area (TPSA) is 199 Å². The lowest BCUT2D eigenvalue weighted by atomic mass is 9.98. The summed E-state index contributed by atoms with van der Waals surface area (Å²) in [6.07, 6.45) is -3.15. The lowest BCUT2D eigenvalue weighted by molar-refractivity contribution is -0.169. The molecule has 3 heterocycles. The van der Waals surface area contributed by atoms with Crippen LogP contribution in [0.15, 0.2) is 47.5 Å². The summed E-state index contributed by atoms with van der Waals surface area (Å²) in [5.41, 5.74) is 4.17. The van der Waals surface area contributed by atoms with Crippen LogP contribution in [0.1, 0.15) is 27.0 Å². The van der Waals surface area contributed by atoms with Gasteiger partial charge in [-0.25, -0.2) is 14.2 Å². The van der Waals surface area contributed by atoms with Gasteiger partial charge in [0, 0.05) is 5.39 Å². The van der Waals surface area contributed by atoms with Gasteiger partial charge in [-0.1, -0.05) is 48.9 Å². The number of ether oxygens (including phenoxy) is 3. The number of aromatic nitrogens is 4. The Morgan fingerprint density at radius 3 is 2.74 bits per heavy atom. The molecule has 0 aliphatic carbocycles. The van der Waals surface area contributed by atoms with Crippen LogP contribution in [0, 0.1) is 5.92 Å². The van der Waals surface area contributed by atoms with E-state index < -0.39 is 50.2 Å². The van der Waals surface area contributed by atoms with Crippen LogP contribution in [0.25, 0.3) is 21.9 Å². The van der Waals surface area contributed by atoms with Crippen LogP contribution in [0.2, 0.25) is 0 Å². The van der Waals surface area contributed by atoms with Crippen molar-refractivity contribution in [3.63, 3.8) is 0 Å². The number of aliphatic carboxylic acids is 1. The molecule has 4 aromatic rings. The van der Waals surface area contributed by atoms with Crippen molar-refractivity contribution < 1.29 is 43.0 Å². The fourth-order valence-electron chi connectivity index (χ4n) is 4.85. The van der Waals surface area contributed by atoms with Crippen molar-refractivity contribution in [2.45, 2.75) is 50.9 Å². The van der Waals surface area contributed by atoms with E-state index in [0.29, 0.717) is 5.39 Å². The molecule has 4 N–H and O–H groups in total. The van der Waals surface area contributed by atoms with Crippen molar-refractivity contribution in [2.24, 2.45) is 10.7 Å². The Hall–Kier alpha value is -4.17. The number of carboxylic acid groups (broad SMARTS) is 1. The van der Waals surface area contributed by atoms with Gasteiger partial charge in [-0.05, 0) is 24.3 Å². The molecule has 6 atom stereocenters. The molecule has 1 aliphatic rings. The molecule has 1 aliphatic heterocycles. The van der Waals surface area contributed by atoms with E-state index in [9.17, 15) is 19.9 Å². The Morgan fingerprint density at radius 2 is 2.05 bits per heavy atom. The molecule has 0 amide bonds. The van der Waals surface area contributed by atoms with Crippen molar-refractivity contribution in [1.29, 1.82) is 0 Å². The number of benzene rings is 2. The Bertz CT molecular complexity index is 1700. The Balaban J connectivity index is 1.43. The zero-order valence-electron chi connectivity index (χ0n) is 23.6. The van der Waals surface area contributed by atoms with Crippen LogP contribution in [-0.4, -0.2) is 73.3 Å². The first-order valence-electron chi connectivity index (χ1n) is 13.2. The molecule has 1 saturated heterocycles. The second-order valence-electron chi connectivity index (χ2n) is 10.5. The van der Waals surface area contributed by atoms with E-state index in [-0.39, 0.29) is 41.1 Å². The maximum Gasteiger partial charge on any atom is 0.395 e. The van der Waals surface area contributed by atoms with Crippen molar-refractivity contribution in [3.8, 4) is 17.4 Å². The molecule has 2 aromatic carbocycles. The third kappa shape index (κ3) is 5.76. The lowest BCUT2D eigenvalue weighted by Gasteiger charge is -2.26. The molecule has 14 nitrogen and oxygen atoms in total. The largest absolute Gasteiger partial charge is 0.575 e. The minimum Gasteiger partial charge on any atom is -0.575 e. The average molecular weight is 617 g/mol. The number of rotatable bonds is 10. The van der Waals surface area contributed by atoms with E-state index in [1.54, 1.807) is 50.2 Å². The Morgan fingerprint density at radius 1 is 1.30 bits per heavy atom. The fourth-order valence-corrected chi connectivity index (χ4v) is 5.81. The fraction of sp³-hybridized carbons (Fsp3) is 0.407. The molecule has 228 valence electrons. The van der Waals surface area contributed by atoms with E-state index in [1.165, 1.54) is 24.9 Å². The van der Waals surface area contributed by atoms with Crippen LogP contribution in [0.4, 0.5) is 10.3 Å². The standard InChI is InChI=1S/C27H30FN6O8P/c1-13(2)18(24(35)36)33-43(38)42-20-15-8-6-5-7-14(15)9-10-16(20)40-11-17-21(28)27(3,37)25(41-17)34-12-30-19-22(34)31-26(29)32-23(19)39-4/h5-10,12-13,17-18,21,25,37H,11H2,1-4H3,(H,35,36)(H2,29,31,32)/t17-,18?,21+,25-,27-/m1/s1. The summed E-state index contributed by atoms with van der Waals surface area (Å²) >= 11 is 0. The first kappa shape index (κ1) is 30.3. The molecule has 0 saturated carbocycles. The molecular formula is C27H30FN6O8P. The van der Waals surface area contributed by atoms with Crippen molar-refractivity contribution in [1.82, 2.24) is 19.5 Å². The Kier molecular flexibility index (Phi) is 8.34. The number of hydrogen-bond acceptors (Lipinski definition) is 12. The van der Waals surface area contributed by atoms with Crippen LogP contribution in [0.5, 0.6) is 17.4 Å². The van der Waals surface area contributed by atoms with Gasteiger partial charge in [0.2, 0.25) is 17.6 Å². The highest BCUT2D eigenvalue weighted by molar-refractivity contribution is 7.34. The number of nitrogens with two attached hydrogens (primary N) is 1. The highest BCUT2D eigenvalue weighted by Crippen LogP contribution is 2.44. The number of imidazole rings is 1. The molecule has 2 aromatic heterocycles. The summed E-state index contributed by atoms with van der Waals surface area (Å²) in [5, 5.41) is 21.9. The molecule has 5 rings (SSSR count). The summed E-state index contributed by atoms with van der Waals surface area (Å²) in [4.78, 5) is 36.8. The molecule has 1 fully saturated rings. The Labute approximate surface area is 245 Å². The summed E-state index contributed by atoms with van der Waals surface area (Å²) in [7, 11) is -1.44. The highest BCUT2D eigenvalue weighted by atomic mass is 31.1. The van der Waals surface area contributed by atoms with Crippen LogP contribution in [-0.2, 0) is 9.53 Å². The average Bonchev–Trinajstić information content (AvgIpc) is 3.47. The van der Waals surface area contributed by atoms with Gasteiger partial charge in [0.1, 0.15) is 18.3 Å². The number of methoxy groups -OCH3 is 1. The van der Waals surface area contributed by atoms with E-state index in [1.807, 2.05) is 0 Å². The van der Waals surface area contributed by atoms with Gasteiger partial charge in [-0.3, -0.25) is 9.09 Å². The SMILES string of the molecule is COc1nc(N)nc2c1ncn2[C@@H]1O[C@H](COc2ccc3ccccc3c2O/[P+]([O-])=N/C(C(=O)O)C(C)C)[C@H](F)[C@@]1(C)O. The van der Waals surface area contributed by atoms with Gasteiger partial charge in [0.05, 0.1) is 13.4 Å². The number of nitrogens with zero attached hydrogens (tertiary/aromatic N) is 5. The minimum atomic E-state index is -2.83. The number of halogens is 1. The monoisotopic (exact) mass is 616 g/mol. The van der Waals surface area contributed by atoms with Gasteiger partial charge in [0.25, 0.3) is 0 Å².